The molecular weight excluding hydrogens is 392 g/mol. The number of carbonyl (C=O) groups is 1. The molecule has 1 fully saturated rings. The van der Waals surface area contributed by atoms with Crippen molar-refractivity contribution in [3.05, 3.63) is 46.2 Å². The van der Waals surface area contributed by atoms with Crippen molar-refractivity contribution in [1.29, 1.82) is 0 Å². The predicted octanol–water partition coefficient (Wildman–Crippen LogP) is 4.58. The molecule has 0 bridgehead atoms. The molecule has 1 aliphatic carbocycles. The fourth-order valence-corrected chi connectivity index (χ4v) is 6.08. The number of rotatable bonds is 6. The summed E-state index contributed by atoms with van der Waals surface area (Å²) in [4.78, 5) is 13.6. The molecule has 0 radical (unpaired) electrons. The lowest BCUT2D eigenvalue weighted by Gasteiger charge is -2.30. The van der Waals surface area contributed by atoms with Crippen molar-refractivity contribution in [1.82, 2.24) is 5.32 Å². The van der Waals surface area contributed by atoms with Gasteiger partial charge in [0, 0.05) is 12.6 Å². The molecule has 7 heteroatoms. The Bertz CT molecular complexity index is 919. The van der Waals surface area contributed by atoms with Crippen LogP contribution in [0.3, 0.4) is 0 Å². The number of amides is 1. The molecule has 1 amide bonds. The van der Waals surface area contributed by atoms with Gasteiger partial charge in [-0.3, -0.25) is 9.10 Å². The van der Waals surface area contributed by atoms with Crippen LogP contribution in [-0.4, -0.2) is 26.9 Å². The highest BCUT2D eigenvalue weighted by Gasteiger charge is 2.30. The number of nitrogens with one attached hydrogen (secondary N) is 1. The van der Waals surface area contributed by atoms with Crippen LogP contribution in [0.25, 0.3) is 0 Å². The maximum Gasteiger partial charge on any atom is 0.264 e. The van der Waals surface area contributed by atoms with E-state index in [0.717, 1.165) is 24.8 Å². The highest BCUT2D eigenvalue weighted by atomic mass is 32.2. The van der Waals surface area contributed by atoms with Gasteiger partial charge in [0.05, 0.1) is 10.6 Å². The van der Waals surface area contributed by atoms with Gasteiger partial charge in [0.15, 0.2) is 0 Å². The minimum atomic E-state index is -3.73. The quantitative estimate of drug-likeness (QED) is 0.744. The highest BCUT2D eigenvalue weighted by molar-refractivity contribution is 7.92. The number of sulfonamides is 1. The molecule has 0 saturated heterocycles. The number of hydrogen-bond donors (Lipinski definition) is 1. The molecule has 1 N–H and O–H groups in total. The Morgan fingerprint density at radius 3 is 2.50 bits per heavy atom. The molecule has 1 aliphatic rings. The molecule has 152 valence electrons. The average molecular weight is 421 g/mol. The van der Waals surface area contributed by atoms with Crippen LogP contribution < -0.4 is 9.62 Å². The van der Waals surface area contributed by atoms with Gasteiger partial charge in [-0.05, 0) is 56.2 Å². The van der Waals surface area contributed by atoms with E-state index in [1.54, 1.807) is 42.6 Å². The lowest BCUT2D eigenvalue weighted by Crippen LogP contribution is -2.41. The van der Waals surface area contributed by atoms with Crippen molar-refractivity contribution in [2.45, 2.75) is 57.4 Å². The molecular formula is C21H28N2O3S2. The van der Waals surface area contributed by atoms with Crippen molar-refractivity contribution in [2.24, 2.45) is 5.92 Å². The Labute approximate surface area is 171 Å². The van der Waals surface area contributed by atoms with Crippen LogP contribution >= 0.6 is 11.3 Å². The van der Waals surface area contributed by atoms with Gasteiger partial charge in [-0.1, -0.05) is 37.5 Å². The predicted molar refractivity (Wildman–Crippen MR) is 115 cm³/mol. The van der Waals surface area contributed by atoms with Gasteiger partial charge in [-0.2, -0.15) is 0 Å². The van der Waals surface area contributed by atoms with Crippen LogP contribution in [0.4, 0.5) is 5.69 Å². The summed E-state index contributed by atoms with van der Waals surface area (Å²) in [5.74, 6) is 0.265. The van der Waals surface area contributed by atoms with Crippen LogP contribution in [-0.2, 0) is 10.0 Å². The Hall–Kier alpha value is -1.86. The van der Waals surface area contributed by atoms with Crippen LogP contribution in [0.1, 0.15) is 54.8 Å². The van der Waals surface area contributed by atoms with Crippen molar-refractivity contribution < 1.29 is 13.2 Å². The van der Waals surface area contributed by atoms with E-state index in [1.807, 2.05) is 6.92 Å². The Kier molecular flexibility index (Phi) is 6.45. The SMILES string of the molecule is CCN(c1ccsc1C(=O)N[C@@H]1CCCC[C@H]1C)S(=O)(=O)c1ccc(C)cc1. The summed E-state index contributed by atoms with van der Waals surface area (Å²) in [6.45, 7) is 6.13. The largest absolute Gasteiger partial charge is 0.348 e. The average Bonchev–Trinajstić information content (AvgIpc) is 3.14. The first-order valence-electron chi connectivity index (χ1n) is 9.82. The maximum atomic E-state index is 13.2. The first-order valence-corrected chi connectivity index (χ1v) is 12.1. The summed E-state index contributed by atoms with van der Waals surface area (Å²) in [6.07, 6.45) is 4.42. The van der Waals surface area contributed by atoms with Crippen LogP contribution in [0.5, 0.6) is 0 Å². The third-order valence-corrected chi connectivity index (χ3v) is 8.25. The van der Waals surface area contributed by atoms with Crippen LogP contribution in [0.15, 0.2) is 40.6 Å². The van der Waals surface area contributed by atoms with E-state index in [0.29, 0.717) is 16.5 Å². The Balaban J connectivity index is 1.87. The van der Waals surface area contributed by atoms with E-state index < -0.39 is 10.0 Å². The molecule has 2 atom stereocenters. The van der Waals surface area contributed by atoms with E-state index >= 15 is 0 Å². The lowest BCUT2D eigenvalue weighted by atomic mass is 9.86. The first-order chi connectivity index (χ1) is 13.3. The fourth-order valence-electron chi connectivity index (χ4n) is 3.74. The summed E-state index contributed by atoms with van der Waals surface area (Å²) >= 11 is 1.29. The fraction of sp³-hybridized carbons (Fsp3) is 0.476. The number of thiophene rings is 1. The molecule has 0 aliphatic heterocycles. The van der Waals surface area contributed by atoms with Crippen molar-refractivity contribution in [3.63, 3.8) is 0 Å². The van der Waals surface area contributed by atoms with Crippen molar-refractivity contribution in [3.8, 4) is 0 Å². The molecule has 1 saturated carbocycles. The maximum absolute atomic E-state index is 13.2. The number of aryl methyl sites for hydroxylation is 1. The molecule has 1 heterocycles. The molecule has 0 unspecified atom stereocenters. The van der Waals surface area contributed by atoms with Gasteiger partial charge in [0.1, 0.15) is 4.88 Å². The van der Waals surface area contributed by atoms with E-state index in [9.17, 15) is 13.2 Å². The molecule has 28 heavy (non-hydrogen) atoms. The van der Waals surface area contributed by atoms with Gasteiger partial charge in [-0.15, -0.1) is 11.3 Å². The second-order valence-corrected chi connectivity index (χ2v) is 10.2. The Morgan fingerprint density at radius 1 is 1.18 bits per heavy atom. The third kappa shape index (κ3) is 4.25. The first kappa shape index (κ1) is 20.9. The number of nitrogens with zero attached hydrogens (tertiary/aromatic N) is 1. The normalized spacial score (nSPS) is 20.0. The Morgan fingerprint density at radius 2 is 1.86 bits per heavy atom. The standard InChI is InChI=1S/C21H28N2O3S2/c1-4-23(28(25,26)17-11-9-15(2)10-12-17)19-13-14-27-20(19)21(24)22-18-8-6-5-7-16(18)3/h9-14,16,18H,4-8H2,1-3H3,(H,22,24)/t16-,18-/m1/s1. The van der Waals surface area contributed by atoms with E-state index in [2.05, 4.69) is 12.2 Å². The number of hydrogen-bond acceptors (Lipinski definition) is 4. The molecule has 1 aromatic carbocycles. The molecule has 0 spiro atoms. The summed E-state index contributed by atoms with van der Waals surface area (Å²) in [6, 6.07) is 8.67. The van der Waals surface area contributed by atoms with Crippen LogP contribution in [0.2, 0.25) is 0 Å². The van der Waals surface area contributed by atoms with Crippen LogP contribution in [0, 0.1) is 12.8 Å². The summed E-state index contributed by atoms with van der Waals surface area (Å²) in [5.41, 5.74) is 1.45. The number of benzene rings is 1. The third-order valence-electron chi connectivity index (χ3n) is 5.44. The van der Waals surface area contributed by atoms with E-state index in [-0.39, 0.29) is 23.4 Å². The van der Waals surface area contributed by atoms with E-state index in [4.69, 9.17) is 0 Å². The van der Waals surface area contributed by atoms with Crippen molar-refractivity contribution in [2.75, 3.05) is 10.8 Å². The smallest absolute Gasteiger partial charge is 0.264 e. The second-order valence-electron chi connectivity index (χ2n) is 7.46. The zero-order chi connectivity index (χ0) is 20.3. The van der Waals surface area contributed by atoms with Gasteiger partial charge < -0.3 is 5.32 Å². The second kappa shape index (κ2) is 8.66. The lowest BCUT2D eigenvalue weighted by molar-refractivity contribution is 0.0915. The highest BCUT2D eigenvalue weighted by Crippen LogP contribution is 2.32. The monoisotopic (exact) mass is 420 g/mol. The molecule has 2 aromatic rings. The summed E-state index contributed by atoms with van der Waals surface area (Å²) in [7, 11) is -3.73. The van der Waals surface area contributed by atoms with E-state index in [1.165, 1.54) is 22.1 Å². The molecule has 3 rings (SSSR count). The van der Waals surface area contributed by atoms with Gasteiger partial charge in [0.2, 0.25) is 0 Å². The summed E-state index contributed by atoms with van der Waals surface area (Å²) < 4.78 is 27.7. The topological polar surface area (TPSA) is 66.5 Å². The molecule has 1 aromatic heterocycles. The van der Waals surface area contributed by atoms with Gasteiger partial charge in [0.25, 0.3) is 15.9 Å². The van der Waals surface area contributed by atoms with Gasteiger partial charge >= 0.3 is 0 Å². The zero-order valence-corrected chi connectivity index (χ0v) is 18.3. The number of anilines is 1. The number of carbonyl (C=O) groups excluding carboxylic acids is 1. The van der Waals surface area contributed by atoms with Gasteiger partial charge in [-0.25, -0.2) is 8.42 Å². The molecule has 5 nitrogen and oxygen atoms in total. The summed E-state index contributed by atoms with van der Waals surface area (Å²) in [5, 5.41) is 4.92. The zero-order valence-electron chi connectivity index (χ0n) is 16.6. The van der Waals surface area contributed by atoms with Crippen molar-refractivity contribution >= 4 is 33.0 Å². The minimum absolute atomic E-state index is 0.153. The minimum Gasteiger partial charge on any atom is -0.348 e.